The monoisotopic (exact) mass is 362 g/mol. The van der Waals surface area contributed by atoms with Crippen LogP contribution in [0.2, 0.25) is 0 Å². The second kappa shape index (κ2) is 6.08. The number of hydrogen-bond acceptors (Lipinski definition) is 8. The molecule has 0 spiro atoms. The predicted molar refractivity (Wildman–Crippen MR) is 81.1 cm³/mol. The Hall–Kier alpha value is -0.360. The number of fused-ring (bicyclic) bond motifs is 2. The molecule has 4 fully saturated rings. The van der Waals surface area contributed by atoms with Crippen LogP contribution in [0.1, 0.15) is 27.7 Å². The van der Waals surface area contributed by atoms with Crippen molar-refractivity contribution in [2.75, 3.05) is 13.2 Å². The summed E-state index contributed by atoms with van der Waals surface area (Å²) in [5.41, 5.74) is 0. The van der Waals surface area contributed by atoms with Crippen LogP contribution in [0.5, 0.6) is 0 Å². The highest BCUT2D eigenvalue weighted by Crippen LogP contribution is 2.39. The number of quaternary nitrogens is 1. The van der Waals surface area contributed by atoms with E-state index in [1.807, 2.05) is 33.0 Å². The SMILES string of the molecule is CC1(C)O[C@@H]2[C@H](O1)[C@H]([NH2+][C@H]1O[C@@H](CO)[C@@H]3OC(C)(C)O[C@@H]31)O[C@@H]2CO. The Kier molecular flexibility index (Phi) is 4.38. The zero-order valence-electron chi connectivity index (χ0n) is 15.0. The Bertz CT molecular complexity index is 470. The molecule has 9 nitrogen and oxygen atoms in total. The van der Waals surface area contributed by atoms with Crippen molar-refractivity contribution in [1.29, 1.82) is 0 Å². The van der Waals surface area contributed by atoms with Gasteiger partial charge >= 0.3 is 0 Å². The molecule has 4 aliphatic heterocycles. The Morgan fingerprint density at radius 3 is 1.40 bits per heavy atom. The molecule has 0 aromatic carbocycles. The number of rotatable bonds is 4. The number of ether oxygens (including phenoxy) is 6. The first-order chi connectivity index (χ1) is 11.7. The molecule has 0 amide bonds. The normalized spacial score (nSPS) is 50.2. The molecular weight excluding hydrogens is 334 g/mol. The van der Waals surface area contributed by atoms with Crippen molar-refractivity contribution >= 4 is 0 Å². The van der Waals surface area contributed by atoms with Gasteiger partial charge in [0.2, 0.25) is 12.5 Å². The van der Waals surface area contributed by atoms with Crippen LogP contribution in [0.4, 0.5) is 0 Å². The molecule has 25 heavy (non-hydrogen) atoms. The van der Waals surface area contributed by atoms with Gasteiger partial charge in [0, 0.05) is 0 Å². The first-order valence-electron chi connectivity index (χ1n) is 8.82. The van der Waals surface area contributed by atoms with E-state index in [-0.39, 0.29) is 37.6 Å². The standard InChI is InChI=1S/C16H27NO8/c1-15(2)22-9-7(5-18)20-13(11(9)24-15)17-14-12-10(8(6-19)21-14)23-16(3,4)25-12/h7-14,17-19H,5-6H2,1-4H3/p+1/t7-,8+,9-,10-,11-,12-,13-,14+/m0/s1. The maximum atomic E-state index is 9.58. The molecule has 0 aliphatic carbocycles. The summed E-state index contributed by atoms with van der Waals surface area (Å²) in [6.07, 6.45) is -3.00. The lowest BCUT2D eigenvalue weighted by Gasteiger charge is -2.26. The molecule has 0 aromatic rings. The predicted octanol–water partition coefficient (Wildman–Crippen LogP) is -1.98. The lowest BCUT2D eigenvalue weighted by molar-refractivity contribution is -0.791. The van der Waals surface area contributed by atoms with Crippen LogP contribution in [-0.2, 0) is 28.4 Å². The molecule has 0 aromatic heterocycles. The van der Waals surface area contributed by atoms with Gasteiger partial charge in [-0.2, -0.15) is 0 Å². The van der Waals surface area contributed by atoms with Gasteiger partial charge in [0.25, 0.3) is 0 Å². The van der Waals surface area contributed by atoms with Crippen molar-refractivity contribution in [2.24, 2.45) is 0 Å². The van der Waals surface area contributed by atoms with E-state index in [1.165, 1.54) is 0 Å². The molecule has 0 radical (unpaired) electrons. The van der Waals surface area contributed by atoms with E-state index in [0.717, 1.165) is 0 Å². The third-order valence-corrected chi connectivity index (χ3v) is 5.11. The van der Waals surface area contributed by atoms with Crippen molar-refractivity contribution < 1.29 is 44.0 Å². The fourth-order valence-corrected chi connectivity index (χ4v) is 4.22. The number of aliphatic hydroxyl groups excluding tert-OH is 2. The van der Waals surface area contributed by atoms with Gasteiger partial charge in [-0.05, 0) is 27.7 Å². The van der Waals surface area contributed by atoms with Crippen molar-refractivity contribution in [3.8, 4) is 0 Å². The second-order valence-corrected chi connectivity index (χ2v) is 7.97. The van der Waals surface area contributed by atoms with Crippen LogP contribution >= 0.6 is 0 Å². The molecule has 144 valence electrons. The second-order valence-electron chi connectivity index (χ2n) is 7.97. The van der Waals surface area contributed by atoms with E-state index >= 15 is 0 Å². The fraction of sp³-hybridized carbons (Fsp3) is 1.00. The number of hydrogen-bond donors (Lipinski definition) is 3. The number of aliphatic hydroxyl groups is 2. The Balaban J connectivity index is 1.48. The van der Waals surface area contributed by atoms with Crippen molar-refractivity contribution in [3.63, 3.8) is 0 Å². The summed E-state index contributed by atoms with van der Waals surface area (Å²) in [4.78, 5) is 0. The minimum absolute atomic E-state index is 0.144. The van der Waals surface area contributed by atoms with E-state index < -0.39 is 36.2 Å². The van der Waals surface area contributed by atoms with Crippen LogP contribution in [0.25, 0.3) is 0 Å². The lowest BCUT2D eigenvalue weighted by atomic mass is 10.1. The molecule has 4 aliphatic rings. The highest BCUT2D eigenvalue weighted by molar-refractivity contribution is 4.96. The largest absolute Gasteiger partial charge is 0.394 e. The molecule has 4 saturated heterocycles. The summed E-state index contributed by atoms with van der Waals surface area (Å²) in [6, 6.07) is 0. The minimum atomic E-state index is -0.722. The summed E-state index contributed by atoms with van der Waals surface area (Å²) in [5, 5.41) is 21.0. The van der Waals surface area contributed by atoms with Gasteiger partial charge in [0.15, 0.2) is 23.8 Å². The topological polar surface area (TPSA) is 112 Å². The fourth-order valence-electron chi connectivity index (χ4n) is 4.22. The van der Waals surface area contributed by atoms with Crippen LogP contribution in [0.3, 0.4) is 0 Å². The first-order valence-corrected chi connectivity index (χ1v) is 8.82. The van der Waals surface area contributed by atoms with E-state index in [9.17, 15) is 10.2 Å². The summed E-state index contributed by atoms with van der Waals surface area (Å²) in [5.74, 6) is -1.44. The Labute approximate surface area is 146 Å². The maximum Gasteiger partial charge on any atom is 0.222 e. The molecular formula is C16H28NO8+. The van der Waals surface area contributed by atoms with Crippen LogP contribution < -0.4 is 5.32 Å². The van der Waals surface area contributed by atoms with Crippen molar-refractivity contribution in [2.45, 2.75) is 88.3 Å². The molecule has 4 rings (SSSR count). The smallest absolute Gasteiger partial charge is 0.222 e. The summed E-state index contributed by atoms with van der Waals surface area (Å²) in [7, 11) is 0. The summed E-state index contributed by atoms with van der Waals surface area (Å²) >= 11 is 0. The average Bonchev–Trinajstić information content (AvgIpc) is 3.18. The van der Waals surface area contributed by atoms with E-state index in [0.29, 0.717) is 0 Å². The maximum absolute atomic E-state index is 9.58. The first kappa shape index (κ1) is 18.0. The van der Waals surface area contributed by atoms with E-state index in [1.54, 1.807) is 0 Å². The van der Waals surface area contributed by atoms with Gasteiger partial charge in [-0.3, -0.25) is 5.32 Å². The van der Waals surface area contributed by atoms with E-state index in [4.69, 9.17) is 28.4 Å². The van der Waals surface area contributed by atoms with Crippen molar-refractivity contribution in [3.05, 3.63) is 0 Å². The highest BCUT2D eigenvalue weighted by Gasteiger charge is 2.61. The van der Waals surface area contributed by atoms with Crippen molar-refractivity contribution in [1.82, 2.24) is 0 Å². The van der Waals surface area contributed by atoms with Crippen LogP contribution in [-0.4, -0.2) is 84.1 Å². The zero-order valence-corrected chi connectivity index (χ0v) is 15.0. The lowest BCUT2D eigenvalue weighted by Crippen LogP contribution is -2.99. The van der Waals surface area contributed by atoms with Crippen LogP contribution in [0, 0.1) is 0 Å². The third-order valence-electron chi connectivity index (χ3n) is 5.11. The summed E-state index contributed by atoms with van der Waals surface area (Å²) < 4.78 is 35.5. The molecule has 4 N–H and O–H groups in total. The molecule has 0 unspecified atom stereocenters. The molecule has 4 heterocycles. The zero-order chi connectivity index (χ0) is 18.0. The van der Waals surface area contributed by atoms with Crippen LogP contribution in [0.15, 0.2) is 0 Å². The van der Waals surface area contributed by atoms with Gasteiger partial charge in [0.1, 0.15) is 24.4 Å². The molecule has 9 heteroatoms. The van der Waals surface area contributed by atoms with Gasteiger partial charge in [0.05, 0.1) is 13.2 Å². The van der Waals surface area contributed by atoms with Gasteiger partial charge < -0.3 is 38.6 Å². The summed E-state index contributed by atoms with van der Waals surface area (Å²) in [6.45, 7) is 7.09. The van der Waals surface area contributed by atoms with Gasteiger partial charge in [-0.25, -0.2) is 0 Å². The molecule has 8 atom stereocenters. The average molecular weight is 362 g/mol. The van der Waals surface area contributed by atoms with Gasteiger partial charge in [-0.1, -0.05) is 0 Å². The molecule has 0 saturated carbocycles. The van der Waals surface area contributed by atoms with E-state index in [2.05, 4.69) is 0 Å². The third kappa shape index (κ3) is 3.11. The van der Waals surface area contributed by atoms with Gasteiger partial charge in [-0.15, -0.1) is 0 Å². The quantitative estimate of drug-likeness (QED) is 0.528. The molecule has 0 bridgehead atoms. The Morgan fingerprint density at radius 1 is 0.680 bits per heavy atom. The number of nitrogens with two attached hydrogens (primary N) is 1. The minimum Gasteiger partial charge on any atom is -0.394 e. The Morgan fingerprint density at radius 2 is 1.04 bits per heavy atom. The highest BCUT2D eigenvalue weighted by atomic mass is 16.8.